The summed E-state index contributed by atoms with van der Waals surface area (Å²) in [4.78, 5) is 4.45. The molecular weight excluding hydrogens is 258 g/mol. The number of imidazole rings is 1. The minimum Gasteiger partial charge on any atom is -0.369 e. The quantitative estimate of drug-likeness (QED) is 0.883. The highest BCUT2D eigenvalue weighted by molar-refractivity contribution is 6.35. The van der Waals surface area contributed by atoms with E-state index in [1.54, 1.807) is 0 Å². The van der Waals surface area contributed by atoms with Crippen LogP contribution in [0.4, 0.5) is 5.95 Å². The van der Waals surface area contributed by atoms with Gasteiger partial charge in [0.05, 0.1) is 10.5 Å². The fourth-order valence-electron chi connectivity index (χ4n) is 3.35. The van der Waals surface area contributed by atoms with Crippen molar-refractivity contribution >= 4 is 28.6 Å². The molecule has 19 heavy (non-hydrogen) atoms. The highest BCUT2D eigenvalue weighted by atomic mass is 35.5. The zero-order valence-electron chi connectivity index (χ0n) is 11.3. The number of nitrogens with two attached hydrogens (primary N) is 1. The normalized spacial score (nSPS) is 23.9. The first-order valence-electron chi connectivity index (χ1n) is 7.12. The van der Waals surface area contributed by atoms with Crippen LogP contribution in [0.15, 0.2) is 18.2 Å². The van der Waals surface area contributed by atoms with Crippen molar-refractivity contribution in [2.75, 3.05) is 5.73 Å². The molecule has 0 spiro atoms. The second-order valence-corrected chi connectivity index (χ2v) is 5.95. The van der Waals surface area contributed by atoms with E-state index in [1.807, 2.05) is 12.1 Å². The summed E-state index contributed by atoms with van der Waals surface area (Å²) >= 11 is 6.21. The molecule has 1 aromatic heterocycles. The van der Waals surface area contributed by atoms with Gasteiger partial charge in [-0.15, -0.1) is 0 Å². The number of hydrogen-bond acceptors (Lipinski definition) is 2. The van der Waals surface area contributed by atoms with Crippen LogP contribution >= 0.6 is 11.6 Å². The summed E-state index contributed by atoms with van der Waals surface area (Å²) in [6.07, 6.45) is 6.28. The van der Waals surface area contributed by atoms with Gasteiger partial charge in [-0.3, -0.25) is 0 Å². The molecule has 1 saturated carbocycles. The number of rotatable bonds is 2. The second kappa shape index (κ2) is 5.04. The molecule has 2 aromatic rings. The smallest absolute Gasteiger partial charge is 0.201 e. The number of benzene rings is 1. The van der Waals surface area contributed by atoms with Crippen molar-refractivity contribution in [3.63, 3.8) is 0 Å². The van der Waals surface area contributed by atoms with Crippen LogP contribution in [-0.2, 0) is 0 Å². The number of halogens is 1. The Labute approximate surface area is 118 Å². The number of nitrogen functional groups attached to an aromatic ring is 1. The molecule has 102 valence electrons. The molecular formula is C15H20ClN3. The summed E-state index contributed by atoms with van der Waals surface area (Å²) < 4.78 is 2.20. The van der Waals surface area contributed by atoms with Crippen molar-refractivity contribution in [2.45, 2.75) is 45.1 Å². The van der Waals surface area contributed by atoms with Crippen LogP contribution in [0.3, 0.4) is 0 Å². The molecule has 1 aromatic carbocycles. The molecule has 4 heteroatoms. The highest BCUT2D eigenvalue weighted by Crippen LogP contribution is 2.38. The molecule has 0 bridgehead atoms. The lowest BCUT2D eigenvalue weighted by Crippen LogP contribution is -2.20. The monoisotopic (exact) mass is 277 g/mol. The average Bonchev–Trinajstić information content (AvgIpc) is 2.77. The molecule has 1 aliphatic rings. The Morgan fingerprint density at radius 2 is 2.26 bits per heavy atom. The van der Waals surface area contributed by atoms with Crippen molar-refractivity contribution in [1.29, 1.82) is 0 Å². The van der Waals surface area contributed by atoms with Gasteiger partial charge in [0.1, 0.15) is 5.52 Å². The molecule has 2 atom stereocenters. The van der Waals surface area contributed by atoms with E-state index in [4.69, 9.17) is 17.3 Å². The largest absolute Gasteiger partial charge is 0.369 e. The van der Waals surface area contributed by atoms with Crippen LogP contribution in [0.1, 0.15) is 45.1 Å². The van der Waals surface area contributed by atoms with E-state index in [9.17, 15) is 0 Å². The first-order chi connectivity index (χ1) is 9.20. The molecule has 1 heterocycles. The SMILES string of the molecule is CCC1CCCC(n2c(N)nc3c(Cl)cccc32)C1. The second-order valence-electron chi connectivity index (χ2n) is 5.54. The number of anilines is 1. The van der Waals surface area contributed by atoms with Crippen molar-refractivity contribution in [3.05, 3.63) is 23.2 Å². The van der Waals surface area contributed by atoms with Gasteiger partial charge in [0.25, 0.3) is 0 Å². The zero-order chi connectivity index (χ0) is 13.4. The summed E-state index contributed by atoms with van der Waals surface area (Å²) in [5.74, 6) is 1.42. The van der Waals surface area contributed by atoms with Gasteiger partial charge in [0.2, 0.25) is 5.95 Å². The lowest BCUT2D eigenvalue weighted by molar-refractivity contribution is 0.267. The molecule has 1 fully saturated rings. The van der Waals surface area contributed by atoms with Gasteiger partial charge in [-0.2, -0.15) is 0 Å². The Morgan fingerprint density at radius 3 is 3.05 bits per heavy atom. The first kappa shape index (κ1) is 12.8. The third kappa shape index (κ3) is 2.20. The van der Waals surface area contributed by atoms with Crippen molar-refractivity contribution in [3.8, 4) is 0 Å². The van der Waals surface area contributed by atoms with E-state index in [2.05, 4.69) is 22.5 Å². The zero-order valence-corrected chi connectivity index (χ0v) is 12.0. The van der Waals surface area contributed by atoms with Gasteiger partial charge < -0.3 is 10.3 Å². The first-order valence-corrected chi connectivity index (χ1v) is 7.50. The minimum absolute atomic E-state index is 0.474. The van der Waals surface area contributed by atoms with E-state index >= 15 is 0 Å². The molecule has 1 aliphatic carbocycles. The maximum atomic E-state index is 6.21. The Hall–Kier alpha value is -1.22. The lowest BCUT2D eigenvalue weighted by Gasteiger charge is -2.30. The van der Waals surface area contributed by atoms with Gasteiger partial charge in [-0.25, -0.2) is 4.98 Å². The standard InChI is InChI=1S/C15H20ClN3/c1-2-10-5-3-6-11(9-10)19-13-8-4-7-12(16)14(13)18-15(19)17/h4,7-8,10-11H,2-3,5-6,9H2,1H3,(H2,17,18). The summed E-state index contributed by atoms with van der Waals surface area (Å²) in [6.45, 7) is 2.28. The highest BCUT2D eigenvalue weighted by Gasteiger charge is 2.25. The molecule has 0 aliphatic heterocycles. The van der Waals surface area contributed by atoms with E-state index in [0.29, 0.717) is 17.0 Å². The third-order valence-corrected chi connectivity index (χ3v) is 4.70. The summed E-state index contributed by atoms with van der Waals surface area (Å²) in [6, 6.07) is 6.39. The van der Waals surface area contributed by atoms with Gasteiger partial charge in [-0.1, -0.05) is 43.9 Å². The van der Waals surface area contributed by atoms with Gasteiger partial charge in [0.15, 0.2) is 0 Å². The number of nitrogens with zero attached hydrogens (tertiary/aromatic N) is 2. The van der Waals surface area contributed by atoms with Crippen LogP contribution in [0.25, 0.3) is 11.0 Å². The number of aromatic nitrogens is 2. The van der Waals surface area contributed by atoms with E-state index in [-0.39, 0.29) is 0 Å². The molecule has 0 amide bonds. The lowest BCUT2D eigenvalue weighted by atomic mass is 9.84. The molecule has 2 N–H and O–H groups in total. The van der Waals surface area contributed by atoms with Crippen LogP contribution < -0.4 is 5.73 Å². The van der Waals surface area contributed by atoms with Crippen molar-refractivity contribution < 1.29 is 0 Å². The molecule has 0 radical (unpaired) electrons. The molecule has 2 unspecified atom stereocenters. The van der Waals surface area contributed by atoms with Crippen LogP contribution in [0.2, 0.25) is 5.02 Å². The average molecular weight is 278 g/mol. The maximum absolute atomic E-state index is 6.21. The molecule has 3 rings (SSSR count). The Morgan fingerprint density at radius 1 is 1.42 bits per heavy atom. The van der Waals surface area contributed by atoms with Gasteiger partial charge in [0, 0.05) is 6.04 Å². The summed E-state index contributed by atoms with van der Waals surface area (Å²) in [7, 11) is 0. The Bertz CT molecular complexity index is 590. The van der Waals surface area contributed by atoms with E-state index in [1.165, 1.54) is 32.1 Å². The van der Waals surface area contributed by atoms with Crippen molar-refractivity contribution in [1.82, 2.24) is 9.55 Å². The number of hydrogen-bond donors (Lipinski definition) is 1. The topological polar surface area (TPSA) is 43.8 Å². The number of para-hydroxylation sites is 1. The Kier molecular flexibility index (Phi) is 3.40. The predicted octanol–water partition coefficient (Wildman–Crippen LogP) is 4.41. The summed E-state index contributed by atoms with van der Waals surface area (Å²) in [5.41, 5.74) is 8.04. The predicted molar refractivity (Wildman–Crippen MR) is 80.4 cm³/mol. The van der Waals surface area contributed by atoms with E-state index < -0.39 is 0 Å². The maximum Gasteiger partial charge on any atom is 0.201 e. The molecule has 0 saturated heterocycles. The van der Waals surface area contributed by atoms with Gasteiger partial charge in [-0.05, 0) is 30.9 Å². The van der Waals surface area contributed by atoms with Gasteiger partial charge >= 0.3 is 0 Å². The molecule has 3 nitrogen and oxygen atoms in total. The number of fused-ring (bicyclic) bond motifs is 1. The van der Waals surface area contributed by atoms with Crippen LogP contribution in [-0.4, -0.2) is 9.55 Å². The summed E-state index contributed by atoms with van der Waals surface area (Å²) in [5, 5.41) is 0.686. The Balaban J connectivity index is 2.04. The fraction of sp³-hybridized carbons (Fsp3) is 0.533. The minimum atomic E-state index is 0.474. The van der Waals surface area contributed by atoms with Crippen LogP contribution in [0.5, 0.6) is 0 Å². The van der Waals surface area contributed by atoms with Crippen LogP contribution in [0, 0.1) is 5.92 Å². The third-order valence-electron chi connectivity index (χ3n) is 4.40. The van der Waals surface area contributed by atoms with E-state index in [0.717, 1.165) is 17.0 Å². The fourth-order valence-corrected chi connectivity index (χ4v) is 3.56. The van der Waals surface area contributed by atoms with Crippen molar-refractivity contribution in [2.24, 2.45) is 5.92 Å².